The summed E-state index contributed by atoms with van der Waals surface area (Å²) < 4.78 is 5.25. The Bertz CT molecular complexity index is 369. The van der Waals surface area contributed by atoms with Gasteiger partial charge < -0.3 is 4.42 Å². The van der Waals surface area contributed by atoms with Gasteiger partial charge in [0.25, 0.3) is 0 Å². The second-order valence-electron chi connectivity index (χ2n) is 2.56. The van der Waals surface area contributed by atoms with Gasteiger partial charge in [0.05, 0.1) is 12.0 Å². The maximum atomic E-state index is 5.25. The first-order valence-corrected chi connectivity index (χ1v) is 5.94. The fraction of sp³-hybridized carbons (Fsp3) is 0.222. The van der Waals surface area contributed by atoms with Gasteiger partial charge in [-0.2, -0.15) is 0 Å². The number of nitrogens with zero attached hydrogens (tertiary/aromatic N) is 1. The van der Waals surface area contributed by atoms with E-state index >= 15 is 0 Å². The molecule has 0 saturated carbocycles. The highest BCUT2D eigenvalue weighted by atomic mass is 79.9. The Hall–Kier alpha value is -0.610. The molecule has 0 atom stereocenters. The van der Waals surface area contributed by atoms with Gasteiger partial charge in [-0.1, -0.05) is 15.9 Å². The predicted octanol–water partition coefficient (Wildman–Crippen LogP) is 3.34. The van der Waals surface area contributed by atoms with E-state index in [1.54, 1.807) is 17.6 Å². The van der Waals surface area contributed by atoms with E-state index in [1.807, 2.05) is 12.1 Å². The fourth-order valence-electron chi connectivity index (χ4n) is 1.03. The first kappa shape index (κ1) is 8.97. The smallest absolute Gasteiger partial charge is 0.162 e. The molecule has 0 spiro atoms. The van der Waals surface area contributed by atoms with Crippen LogP contribution in [0.1, 0.15) is 5.69 Å². The third-order valence-corrected chi connectivity index (χ3v) is 2.94. The second-order valence-corrected chi connectivity index (χ2v) is 4.21. The van der Waals surface area contributed by atoms with Crippen LogP contribution >= 0.6 is 27.3 Å². The number of furan rings is 1. The molecular formula is C9H8BrNOS. The van der Waals surface area contributed by atoms with Crippen molar-refractivity contribution >= 4 is 27.3 Å². The predicted molar refractivity (Wildman–Crippen MR) is 57.3 cm³/mol. The third-order valence-electron chi connectivity index (χ3n) is 1.63. The van der Waals surface area contributed by atoms with E-state index in [4.69, 9.17) is 4.42 Å². The molecule has 4 heteroatoms. The highest BCUT2D eigenvalue weighted by molar-refractivity contribution is 9.09. The number of hydrogen-bond donors (Lipinski definition) is 0. The van der Waals surface area contributed by atoms with E-state index in [0.717, 1.165) is 28.2 Å². The largest absolute Gasteiger partial charge is 0.462 e. The van der Waals surface area contributed by atoms with Crippen LogP contribution in [0.3, 0.4) is 0 Å². The summed E-state index contributed by atoms with van der Waals surface area (Å²) in [6, 6.07) is 3.80. The molecule has 0 bridgehead atoms. The minimum absolute atomic E-state index is 0.853. The van der Waals surface area contributed by atoms with Crippen LogP contribution in [0.15, 0.2) is 28.2 Å². The van der Waals surface area contributed by atoms with Crippen LogP contribution in [0.2, 0.25) is 0 Å². The molecule has 0 amide bonds. The van der Waals surface area contributed by atoms with Crippen LogP contribution in [-0.4, -0.2) is 10.3 Å². The first-order chi connectivity index (χ1) is 6.40. The van der Waals surface area contributed by atoms with Gasteiger partial charge in [-0.05, 0) is 12.1 Å². The molecule has 0 aliphatic heterocycles. The summed E-state index contributed by atoms with van der Waals surface area (Å²) in [7, 11) is 0. The molecule has 0 fully saturated rings. The van der Waals surface area contributed by atoms with E-state index in [1.165, 1.54) is 0 Å². The molecular weight excluding hydrogens is 250 g/mol. The summed E-state index contributed by atoms with van der Waals surface area (Å²) in [5, 5.41) is 3.98. The summed E-state index contributed by atoms with van der Waals surface area (Å²) >= 11 is 5.01. The van der Waals surface area contributed by atoms with Crippen molar-refractivity contribution in [3.05, 3.63) is 29.5 Å². The maximum Gasteiger partial charge on any atom is 0.162 e. The SMILES string of the molecule is BrCCc1csc(-c2ccco2)n1. The first-order valence-electron chi connectivity index (χ1n) is 3.94. The van der Waals surface area contributed by atoms with E-state index in [0.29, 0.717) is 0 Å². The van der Waals surface area contributed by atoms with Gasteiger partial charge in [-0.3, -0.25) is 0 Å². The third kappa shape index (κ3) is 2.00. The minimum atomic E-state index is 0.853. The number of aromatic nitrogens is 1. The number of aryl methyl sites for hydroxylation is 1. The van der Waals surface area contributed by atoms with Crippen molar-refractivity contribution in [3.8, 4) is 10.8 Å². The van der Waals surface area contributed by atoms with Crippen molar-refractivity contribution < 1.29 is 4.42 Å². The lowest BCUT2D eigenvalue weighted by Crippen LogP contribution is -1.84. The van der Waals surface area contributed by atoms with Crippen molar-refractivity contribution in [2.75, 3.05) is 5.33 Å². The van der Waals surface area contributed by atoms with Crippen LogP contribution in [0, 0.1) is 0 Å². The van der Waals surface area contributed by atoms with E-state index in [9.17, 15) is 0 Å². The van der Waals surface area contributed by atoms with Crippen LogP contribution in [0.25, 0.3) is 10.8 Å². The molecule has 0 radical (unpaired) electrons. The standard InChI is InChI=1S/C9H8BrNOS/c10-4-3-7-6-13-9(11-7)8-2-1-5-12-8/h1-2,5-6H,3-4H2. The molecule has 2 nitrogen and oxygen atoms in total. The van der Waals surface area contributed by atoms with E-state index in [2.05, 4.69) is 26.3 Å². The highest BCUT2D eigenvalue weighted by Gasteiger charge is 2.05. The van der Waals surface area contributed by atoms with Crippen molar-refractivity contribution in [2.45, 2.75) is 6.42 Å². The number of thiazole rings is 1. The molecule has 0 aliphatic carbocycles. The average Bonchev–Trinajstić information content (AvgIpc) is 2.70. The molecule has 13 heavy (non-hydrogen) atoms. The van der Waals surface area contributed by atoms with Crippen molar-refractivity contribution in [2.24, 2.45) is 0 Å². The van der Waals surface area contributed by atoms with Gasteiger partial charge in [0.2, 0.25) is 0 Å². The zero-order valence-corrected chi connectivity index (χ0v) is 9.27. The van der Waals surface area contributed by atoms with Gasteiger partial charge >= 0.3 is 0 Å². The topological polar surface area (TPSA) is 26.0 Å². The summed E-state index contributed by atoms with van der Waals surface area (Å²) in [4.78, 5) is 4.44. The Morgan fingerprint density at radius 1 is 1.54 bits per heavy atom. The van der Waals surface area contributed by atoms with Crippen LogP contribution in [0.4, 0.5) is 0 Å². The minimum Gasteiger partial charge on any atom is -0.462 e. The van der Waals surface area contributed by atoms with Crippen LogP contribution in [0.5, 0.6) is 0 Å². The zero-order valence-electron chi connectivity index (χ0n) is 6.87. The molecule has 2 aromatic heterocycles. The Morgan fingerprint density at radius 2 is 2.46 bits per heavy atom. The number of halogens is 1. The monoisotopic (exact) mass is 257 g/mol. The van der Waals surface area contributed by atoms with Crippen molar-refractivity contribution in [1.82, 2.24) is 4.98 Å². The lowest BCUT2D eigenvalue weighted by atomic mass is 10.4. The van der Waals surface area contributed by atoms with E-state index in [-0.39, 0.29) is 0 Å². The molecule has 2 heterocycles. The Morgan fingerprint density at radius 3 is 3.15 bits per heavy atom. The number of hydrogen-bond acceptors (Lipinski definition) is 3. The quantitative estimate of drug-likeness (QED) is 0.789. The van der Waals surface area contributed by atoms with Gasteiger partial charge in [-0.15, -0.1) is 11.3 Å². The second kappa shape index (κ2) is 4.07. The zero-order chi connectivity index (χ0) is 9.10. The number of rotatable bonds is 3. The maximum absolute atomic E-state index is 5.25. The number of alkyl halides is 1. The fourth-order valence-corrected chi connectivity index (χ4v) is 2.26. The summed E-state index contributed by atoms with van der Waals surface area (Å²) in [5.74, 6) is 0.853. The van der Waals surface area contributed by atoms with Gasteiger partial charge in [0, 0.05) is 17.1 Å². The molecule has 0 N–H and O–H groups in total. The van der Waals surface area contributed by atoms with Crippen molar-refractivity contribution in [3.63, 3.8) is 0 Å². The molecule has 2 aromatic rings. The molecule has 0 aromatic carbocycles. The Labute approximate surface area is 88.7 Å². The lowest BCUT2D eigenvalue weighted by molar-refractivity contribution is 0.581. The van der Waals surface area contributed by atoms with Crippen molar-refractivity contribution in [1.29, 1.82) is 0 Å². The van der Waals surface area contributed by atoms with Crippen LogP contribution in [-0.2, 0) is 6.42 Å². The Balaban J connectivity index is 2.23. The van der Waals surface area contributed by atoms with Gasteiger partial charge in [-0.25, -0.2) is 4.98 Å². The molecule has 2 rings (SSSR count). The normalized spacial score (nSPS) is 10.5. The summed E-state index contributed by atoms with van der Waals surface area (Å²) in [5.41, 5.74) is 1.12. The van der Waals surface area contributed by atoms with Gasteiger partial charge in [0.15, 0.2) is 10.8 Å². The average molecular weight is 258 g/mol. The Kier molecular flexibility index (Phi) is 2.80. The van der Waals surface area contributed by atoms with Crippen LogP contribution < -0.4 is 0 Å². The highest BCUT2D eigenvalue weighted by Crippen LogP contribution is 2.24. The summed E-state index contributed by atoms with van der Waals surface area (Å²) in [6.07, 6.45) is 2.64. The molecule has 68 valence electrons. The molecule has 0 aliphatic rings. The summed E-state index contributed by atoms with van der Waals surface area (Å²) in [6.45, 7) is 0. The van der Waals surface area contributed by atoms with Gasteiger partial charge in [0.1, 0.15) is 0 Å². The molecule has 0 unspecified atom stereocenters. The van der Waals surface area contributed by atoms with E-state index < -0.39 is 0 Å². The lowest BCUT2D eigenvalue weighted by Gasteiger charge is -1.88. The molecule has 0 saturated heterocycles.